The minimum Gasteiger partial charge on any atom is -0.391 e. The summed E-state index contributed by atoms with van der Waals surface area (Å²) in [5.41, 5.74) is 0.429. The van der Waals surface area contributed by atoms with Crippen molar-refractivity contribution in [3.63, 3.8) is 0 Å². The van der Waals surface area contributed by atoms with Crippen molar-refractivity contribution >= 4 is 33.9 Å². The molecular formula is C12H15N3O2S2. The zero-order valence-electron chi connectivity index (χ0n) is 10.6. The number of rotatable bonds is 5. The van der Waals surface area contributed by atoms with Gasteiger partial charge in [-0.1, -0.05) is 24.3 Å². The molecule has 1 N–H and O–H groups in total. The number of fused-ring (bicyclic) bond motifs is 1. The number of thiazole rings is 1. The van der Waals surface area contributed by atoms with E-state index in [-0.39, 0.29) is 12.1 Å². The van der Waals surface area contributed by atoms with E-state index in [1.165, 1.54) is 22.2 Å². The van der Waals surface area contributed by atoms with Gasteiger partial charge in [0.1, 0.15) is 11.0 Å². The zero-order chi connectivity index (χ0) is 14.0. The van der Waals surface area contributed by atoms with Gasteiger partial charge in [-0.15, -0.1) is 6.58 Å². The second-order valence-electron chi connectivity index (χ2n) is 4.18. The number of aliphatic hydroxyl groups excluding tert-OH is 1. The smallest absolute Gasteiger partial charge is 0.273 e. The van der Waals surface area contributed by atoms with Gasteiger partial charge >= 0.3 is 0 Å². The van der Waals surface area contributed by atoms with E-state index in [1.807, 2.05) is 6.92 Å². The highest BCUT2D eigenvalue weighted by atomic mass is 32.1. The largest absolute Gasteiger partial charge is 0.391 e. The van der Waals surface area contributed by atoms with E-state index in [9.17, 15) is 9.90 Å². The molecule has 0 saturated heterocycles. The summed E-state index contributed by atoms with van der Waals surface area (Å²) >= 11 is 6.47. The normalized spacial score (nSPS) is 12.7. The summed E-state index contributed by atoms with van der Waals surface area (Å²) in [6.07, 6.45) is 3.23. The van der Waals surface area contributed by atoms with E-state index in [2.05, 4.69) is 11.6 Å². The maximum atomic E-state index is 12.3. The minimum absolute atomic E-state index is 0.156. The van der Waals surface area contributed by atoms with Crippen molar-refractivity contribution in [3.05, 3.63) is 33.3 Å². The standard InChI is InChI=1S/C12H15N3O2S2/c1-3-5-15-10-9(19-12(15)18)11(17)14(7-13-10)6-8(16)4-2/h3,7-8,16H,1,4-6H2,2H3/t8-/m0/s1. The van der Waals surface area contributed by atoms with E-state index in [0.29, 0.717) is 27.3 Å². The summed E-state index contributed by atoms with van der Waals surface area (Å²) in [6.45, 7) is 6.32. The van der Waals surface area contributed by atoms with Crippen LogP contribution in [0, 0.1) is 3.95 Å². The first kappa shape index (κ1) is 14.1. The predicted octanol–water partition coefficient (Wildman–Crippen LogP) is 1.95. The van der Waals surface area contributed by atoms with Crippen LogP contribution in [-0.4, -0.2) is 25.3 Å². The third kappa shape index (κ3) is 2.68. The first-order chi connectivity index (χ1) is 9.08. The Morgan fingerprint density at radius 1 is 1.68 bits per heavy atom. The van der Waals surface area contributed by atoms with Gasteiger partial charge < -0.3 is 9.67 Å². The second kappa shape index (κ2) is 5.77. The molecule has 0 bridgehead atoms. The lowest BCUT2D eigenvalue weighted by Gasteiger charge is -2.09. The van der Waals surface area contributed by atoms with Crippen LogP contribution in [0.3, 0.4) is 0 Å². The van der Waals surface area contributed by atoms with Gasteiger partial charge in [0.05, 0.1) is 12.6 Å². The summed E-state index contributed by atoms with van der Waals surface area (Å²) < 4.78 is 4.34. The molecule has 0 aliphatic rings. The number of aromatic nitrogens is 3. The number of hydrogen-bond acceptors (Lipinski definition) is 5. The maximum Gasteiger partial charge on any atom is 0.273 e. The fourth-order valence-corrected chi connectivity index (χ4v) is 3.06. The second-order valence-corrected chi connectivity index (χ2v) is 5.83. The van der Waals surface area contributed by atoms with Crippen LogP contribution in [0.2, 0.25) is 0 Å². The number of nitrogens with zero attached hydrogens (tertiary/aromatic N) is 3. The molecule has 0 radical (unpaired) electrons. The molecule has 0 spiro atoms. The monoisotopic (exact) mass is 297 g/mol. The Bertz CT molecular complexity index is 714. The Balaban J connectivity index is 2.57. The van der Waals surface area contributed by atoms with Crippen molar-refractivity contribution in [2.75, 3.05) is 0 Å². The maximum absolute atomic E-state index is 12.3. The molecule has 0 amide bonds. The molecule has 5 nitrogen and oxygen atoms in total. The molecule has 2 aromatic rings. The van der Waals surface area contributed by atoms with Crippen LogP contribution in [0.5, 0.6) is 0 Å². The third-order valence-electron chi connectivity index (χ3n) is 2.83. The Kier molecular flexibility index (Phi) is 4.28. The average Bonchev–Trinajstić information content (AvgIpc) is 2.71. The lowest BCUT2D eigenvalue weighted by molar-refractivity contribution is 0.148. The van der Waals surface area contributed by atoms with Gasteiger partial charge in [0, 0.05) is 6.54 Å². The van der Waals surface area contributed by atoms with Gasteiger partial charge in [0.2, 0.25) is 0 Å². The minimum atomic E-state index is -0.541. The summed E-state index contributed by atoms with van der Waals surface area (Å²) in [5, 5.41) is 9.63. The van der Waals surface area contributed by atoms with Gasteiger partial charge in [-0.2, -0.15) is 0 Å². The first-order valence-electron chi connectivity index (χ1n) is 5.96. The van der Waals surface area contributed by atoms with E-state index >= 15 is 0 Å². The van der Waals surface area contributed by atoms with Crippen molar-refractivity contribution in [2.24, 2.45) is 0 Å². The van der Waals surface area contributed by atoms with Gasteiger partial charge in [-0.25, -0.2) is 4.98 Å². The summed E-state index contributed by atoms with van der Waals surface area (Å²) in [6, 6.07) is 0. The topological polar surface area (TPSA) is 60.0 Å². The predicted molar refractivity (Wildman–Crippen MR) is 79.2 cm³/mol. The lowest BCUT2D eigenvalue weighted by Crippen LogP contribution is -2.26. The van der Waals surface area contributed by atoms with Gasteiger partial charge in [0.25, 0.3) is 5.56 Å². The molecule has 19 heavy (non-hydrogen) atoms. The molecule has 0 aromatic carbocycles. The van der Waals surface area contributed by atoms with Crippen molar-refractivity contribution in [1.29, 1.82) is 0 Å². The van der Waals surface area contributed by atoms with Crippen LogP contribution >= 0.6 is 23.6 Å². The molecule has 0 saturated carbocycles. The number of hydrogen-bond donors (Lipinski definition) is 1. The molecule has 7 heteroatoms. The van der Waals surface area contributed by atoms with Crippen LogP contribution in [0.4, 0.5) is 0 Å². The highest BCUT2D eigenvalue weighted by Gasteiger charge is 2.12. The van der Waals surface area contributed by atoms with Gasteiger partial charge in [0.15, 0.2) is 9.60 Å². The lowest BCUT2D eigenvalue weighted by atomic mass is 10.3. The number of aliphatic hydroxyl groups is 1. The molecule has 2 aromatic heterocycles. The molecule has 0 aliphatic heterocycles. The van der Waals surface area contributed by atoms with Crippen LogP contribution in [0.25, 0.3) is 10.3 Å². The van der Waals surface area contributed by atoms with Crippen molar-refractivity contribution in [2.45, 2.75) is 32.5 Å². The zero-order valence-corrected chi connectivity index (χ0v) is 12.2. The van der Waals surface area contributed by atoms with Gasteiger partial charge in [-0.3, -0.25) is 9.36 Å². The molecule has 1 atom stereocenters. The van der Waals surface area contributed by atoms with Crippen molar-refractivity contribution < 1.29 is 5.11 Å². The molecule has 2 heterocycles. The van der Waals surface area contributed by atoms with E-state index in [4.69, 9.17) is 12.2 Å². The van der Waals surface area contributed by atoms with Crippen molar-refractivity contribution in [1.82, 2.24) is 14.1 Å². The quantitative estimate of drug-likeness (QED) is 0.677. The summed E-state index contributed by atoms with van der Waals surface area (Å²) in [7, 11) is 0. The van der Waals surface area contributed by atoms with Crippen LogP contribution < -0.4 is 5.56 Å². The summed E-state index contributed by atoms with van der Waals surface area (Å²) in [4.78, 5) is 16.6. The van der Waals surface area contributed by atoms with Crippen LogP contribution in [0.15, 0.2) is 23.8 Å². The highest BCUT2D eigenvalue weighted by Crippen LogP contribution is 2.17. The molecule has 2 rings (SSSR count). The van der Waals surface area contributed by atoms with Crippen molar-refractivity contribution in [3.8, 4) is 0 Å². The molecule has 0 aliphatic carbocycles. The van der Waals surface area contributed by atoms with Gasteiger partial charge in [-0.05, 0) is 18.6 Å². The Morgan fingerprint density at radius 2 is 2.42 bits per heavy atom. The fourth-order valence-electron chi connectivity index (χ4n) is 1.75. The molecule has 0 unspecified atom stereocenters. The van der Waals surface area contributed by atoms with Crippen LogP contribution in [-0.2, 0) is 13.1 Å². The fraction of sp³-hybridized carbons (Fsp3) is 0.417. The van der Waals surface area contributed by atoms with Crippen LogP contribution in [0.1, 0.15) is 13.3 Å². The molecular weight excluding hydrogens is 282 g/mol. The average molecular weight is 297 g/mol. The third-order valence-corrected chi connectivity index (χ3v) is 4.26. The Morgan fingerprint density at radius 3 is 3.05 bits per heavy atom. The van der Waals surface area contributed by atoms with E-state index in [1.54, 1.807) is 10.6 Å². The summed E-state index contributed by atoms with van der Waals surface area (Å²) in [5.74, 6) is 0. The first-order valence-corrected chi connectivity index (χ1v) is 7.18. The Labute approximate surface area is 119 Å². The van der Waals surface area contributed by atoms with E-state index < -0.39 is 6.10 Å². The molecule has 0 fully saturated rings. The highest BCUT2D eigenvalue weighted by molar-refractivity contribution is 7.73. The van der Waals surface area contributed by atoms with E-state index in [0.717, 1.165) is 0 Å². The Hall–Kier alpha value is -1.31. The molecule has 102 valence electrons. The number of allylic oxidation sites excluding steroid dienone is 1. The SMILES string of the molecule is C=CCn1c(=S)sc2c(=O)n(C[C@@H](O)CC)cnc21.